The number of aromatic amines is 1. The highest BCUT2D eigenvalue weighted by molar-refractivity contribution is 7.99. The highest BCUT2D eigenvalue weighted by atomic mass is 35.5. The Balaban J connectivity index is 1.48. The summed E-state index contributed by atoms with van der Waals surface area (Å²) in [6, 6.07) is 14.7. The van der Waals surface area contributed by atoms with Crippen LogP contribution in [0, 0.1) is 5.95 Å². The molecule has 13 nitrogen and oxygen atoms in total. The molecule has 3 aromatic heterocycles. The number of unbranched alkanes of at least 4 members (excludes halogenated alkanes) is 1. The predicted octanol–water partition coefficient (Wildman–Crippen LogP) is 4.61. The number of aromatic nitrogens is 3. The van der Waals surface area contributed by atoms with Gasteiger partial charge < -0.3 is 37.3 Å². The van der Waals surface area contributed by atoms with E-state index in [-0.39, 0.29) is 38.8 Å². The lowest BCUT2D eigenvalue weighted by molar-refractivity contribution is -0.142. The van der Waals surface area contributed by atoms with Gasteiger partial charge in [-0.1, -0.05) is 53.7 Å². The van der Waals surface area contributed by atoms with Crippen molar-refractivity contribution in [2.24, 2.45) is 11.5 Å². The van der Waals surface area contributed by atoms with Gasteiger partial charge in [-0.15, -0.1) is 0 Å². The van der Waals surface area contributed by atoms with E-state index in [1.165, 1.54) is 28.9 Å². The number of primary amides is 1. The molecule has 0 saturated heterocycles. The quantitative estimate of drug-likeness (QED) is 0.0861. The molecule has 0 bridgehead atoms. The predicted molar refractivity (Wildman–Crippen MR) is 217 cm³/mol. The Bertz CT molecular complexity index is 2260. The molecule has 2 aromatic carbocycles. The first-order valence-electron chi connectivity index (χ1n) is 18.7. The molecule has 1 aliphatic rings. The number of nitrogens with zero attached hydrogens (tertiary/aromatic N) is 3. The van der Waals surface area contributed by atoms with Crippen molar-refractivity contribution in [3.8, 4) is 11.1 Å². The number of carbonyl (C=O) groups excluding carboxylic acids is 4. The molecular formula is C41H45ClFN9O4S. The second kappa shape index (κ2) is 19.2. The highest BCUT2D eigenvalue weighted by Gasteiger charge is 2.34. The third-order valence-electron chi connectivity index (χ3n) is 10.0. The molecule has 298 valence electrons. The second-order valence-corrected chi connectivity index (χ2v) is 15.3. The number of carbonyl (C=O) groups is 4. The third kappa shape index (κ3) is 10.2. The van der Waals surface area contributed by atoms with Gasteiger partial charge >= 0.3 is 0 Å². The van der Waals surface area contributed by atoms with Crippen molar-refractivity contribution >= 4 is 57.9 Å². The minimum atomic E-state index is -1.04. The van der Waals surface area contributed by atoms with Crippen LogP contribution < -0.4 is 27.4 Å². The van der Waals surface area contributed by atoms with Crippen LogP contribution in [-0.4, -0.2) is 75.2 Å². The van der Waals surface area contributed by atoms with Crippen LogP contribution in [0.5, 0.6) is 0 Å². The average Bonchev–Trinajstić information content (AvgIpc) is 3.61. The van der Waals surface area contributed by atoms with Crippen molar-refractivity contribution < 1.29 is 23.6 Å². The minimum absolute atomic E-state index is 0.0420. The summed E-state index contributed by atoms with van der Waals surface area (Å²) in [6.45, 7) is 0.508. The van der Waals surface area contributed by atoms with Gasteiger partial charge in [0.1, 0.15) is 17.1 Å². The molecule has 6 rings (SSSR count). The van der Waals surface area contributed by atoms with Crippen LogP contribution in [0.4, 0.5) is 4.39 Å². The number of hydrogen-bond acceptors (Lipinski definition) is 9. The van der Waals surface area contributed by atoms with Gasteiger partial charge in [-0.3, -0.25) is 19.2 Å². The van der Waals surface area contributed by atoms with Gasteiger partial charge in [-0.25, -0.2) is 9.97 Å². The molecule has 16 heteroatoms. The molecule has 8 N–H and O–H groups in total. The van der Waals surface area contributed by atoms with Gasteiger partial charge in [0.15, 0.2) is 0 Å². The van der Waals surface area contributed by atoms with E-state index in [0.29, 0.717) is 56.6 Å². The minimum Gasteiger partial charge on any atom is -0.370 e. The Kier molecular flexibility index (Phi) is 13.9. The van der Waals surface area contributed by atoms with Crippen LogP contribution >= 0.6 is 23.4 Å². The van der Waals surface area contributed by atoms with Gasteiger partial charge in [0, 0.05) is 73.4 Å². The molecule has 0 spiro atoms. The Morgan fingerprint density at radius 1 is 0.982 bits per heavy atom. The number of likely N-dealkylation sites (N-methyl/N-ethyl adjacent to an activating group) is 1. The summed E-state index contributed by atoms with van der Waals surface area (Å²) in [6.07, 6.45) is 6.34. The largest absolute Gasteiger partial charge is 0.370 e. The first kappa shape index (κ1) is 41.3. The van der Waals surface area contributed by atoms with E-state index in [4.69, 9.17) is 23.1 Å². The summed E-state index contributed by atoms with van der Waals surface area (Å²) in [7, 11) is 1.55. The molecule has 0 radical (unpaired) electrons. The SMILES string of the molecule is CN1C(=O)[C@H](CCCCN)NC(=O)[C@H](CCC(N)=O)NCc2cccnc2Sc2c(Cl)ccc(-c3ccnc(F)c3)c2CNC(=O)[C@@H]1Cc1c[nH]c2ccccc12. The number of para-hydroxylation sites is 1. The average molecular weight is 814 g/mol. The fourth-order valence-corrected chi connectivity index (χ4v) is 8.29. The molecular weight excluding hydrogens is 769 g/mol. The van der Waals surface area contributed by atoms with Gasteiger partial charge in [0.05, 0.1) is 11.1 Å². The number of pyridine rings is 2. The lowest BCUT2D eigenvalue weighted by atomic mass is 9.99. The van der Waals surface area contributed by atoms with Gasteiger partial charge in [-0.2, -0.15) is 4.39 Å². The van der Waals surface area contributed by atoms with E-state index in [9.17, 15) is 23.6 Å². The monoisotopic (exact) mass is 813 g/mol. The Morgan fingerprint density at radius 3 is 2.60 bits per heavy atom. The van der Waals surface area contributed by atoms with Crippen LogP contribution in [0.25, 0.3) is 22.0 Å². The molecule has 57 heavy (non-hydrogen) atoms. The van der Waals surface area contributed by atoms with Crippen molar-refractivity contribution in [3.05, 3.63) is 107 Å². The molecule has 1 aliphatic heterocycles. The number of nitrogens with one attached hydrogen (secondary N) is 4. The normalized spacial score (nSPS) is 18.4. The van der Waals surface area contributed by atoms with Crippen LogP contribution in [0.3, 0.4) is 0 Å². The zero-order valence-corrected chi connectivity index (χ0v) is 33.0. The number of amides is 4. The van der Waals surface area contributed by atoms with Gasteiger partial charge in [0.25, 0.3) is 0 Å². The fraction of sp³-hybridized carbons (Fsp3) is 0.317. The standard InChI is InChI=1S/C41H45ClFN9O4S/c1-52-34(19-26-22-48-31-9-3-2-8-28(26)31)39(55)50-23-29-27(24-15-18-46-35(43)20-24)11-12-30(42)37(29)57-40-25(7-6-17-47-40)21-49-32(13-14-36(45)53)38(54)51-33(41(52)56)10-4-5-16-44/h2-3,6-9,11-12,15,17-18,20,22,32-34,48-49H,4-5,10,13-14,16,19,21,23,44H2,1H3,(H2,45,53)(H,50,55)(H,51,54)/t32-,33-,34-/m0/s1. The highest BCUT2D eigenvalue weighted by Crippen LogP contribution is 2.41. The molecule has 0 unspecified atom stereocenters. The smallest absolute Gasteiger partial charge is 0.245 e. The summed E-state index contributed by atoms with van der Waals surface area (Å²) >= 11 is 8.20. The van der Waals surface area contributed by atoms with E-state index < -0.39 is 47.7 Å². The van der Waals surface area contributed by atoms with E-state index in [1.807, 2.05) is 36.5 Å². The Morgan fingerprint density at radius 2 is 1.81 bits per heavy atom. The van der Waals surface area contributed by atoms with Crippen molar-refractivity contribution in [2.75, 3.05) is 13.6 Å². The molecule has 0 aliphatic carbocycles. The van der Waals surface area contributed by atoms with E-state index >= 15 is 0 Å². The number of fused-ring (bicyclic) bond motifs is 3. The van der Waals surface area contributed by atoms with E-state index in [0.717, 1.165) is 16.5 Å². The van der Waals surface area contributed by atoms with Crippen LogP contribution in [0.15, 0.2) is 89.2 Å². The molecule has 3 atom stereocenters. The van der Waals surface area contributed by atoms with Crippen LogP contribution in [0.1, 0.15) is 48.8 Å². The van der Waals surface area contributed by atoms with E-state index in [2.05, 4.69) is 30.9 Å². The van der Waals surface area contributed by atoms with Gasteiger partial charge in [-0.05, 0) is 84.3 Å². The fourth-order valence-electron chi connectivity index (χ4n) is 6.95. The van der Waals surface area contributed by atoms with Crippen LogP contribution in [0.2, 0.25) is 5.02 Å². The summed E-state index contributed by atoms with van der Waals surface area (Å²) < 4.78 is 14.6. The zero-order chi connectivity index (χ0) is 40.5. The Labute approximate surface area is 338 Å². The number of H-pyrrole nitrogens is 1. The number of hydrogen-bond donors (Lipinski definition) is 6. The topological polar surface area (TPSA) is 201 Å². The van der Waals surface area contributed by atoms with Gasteiger partial charge in [0.2, 0.25) is 29.6 Å². The summed E-state index contributed by atoms with van der Waals surface area (Å²) in [5.74, 6) is -2.69. The number of nitrogens with two attached hydrogens (primary N) is 2. The van der Waals surface area contributed by atoms with E-state index in [1.54, 1.807) is 37.5 Å². The molecule has 4 amide bonds. The first-order valence-corrected chi connectivity index (χ1v) is 19.9. The lowest BCUT2D eigenvalue weighted by Crippen LogP contribution is -2.57. The maximum Gasteiger partial charge on any atom is 0.245 e. The lowest BCUT2D eigenvalue weighted by Gasteiger charge is -2.32. The maximum atomic E-state index is 14.6. The van der Waals surface area contributed by atoms with Crippen molar-refractivity contribution in [1.29, 1.82) is 0 Å². The molecule has 4 heterocycles. The first-order chi connectivity index (χ1) is 27.5. The maximum absolute atomic E-state index is 14.6. The third-order valence-corrected chi connectivity index (χ3v) is 11.7. The Hall–Kier alpha value is -5.35. The molecule has 0 fully saturated rings. The summed E-state index contributed by atoms with van der Waals surface area (Å²) in [4.78, 5) is 68.7. The molecule has 0 saturated carbocycles. The van der Waals surface area contributed by atoms with Crippen LogP contribution in [-0.2, 0) is 38.7 Å². The van der Waals surface area contributed by atoms with Crippen molar-refractivity contribution in [3.63, 3.8) is 0 Å². The zero-order valence-electron chi connectivity index (χ0n) is 31.4. The number of benzene rings is 2. The molecule has 5 aromatic rings. The summed E-state index contributed by atoms with van der Waals surface area (Å²) in [5.41, 5.74) is 15.4. The van der Waals surface area contributed by atoms with Crippen molar-refractivity contribution in [2.45, 2.75) is 79.7 Å². The second-order valence-electron chi connectivity index (χ2n) is 13.9. The number of halogens is 2. The number of rotatable bonds is 10. The summed E-state index contributed by atoms with van der Waals surface area (Å²) in [5, 5.41) is 11.1. The van der Waals surface area contributed by atoms with Crippen molar-refractivity contribution in [1.82, 2.24) is 35.8 Å².